The molecular formula is C11H28N2O2Si2. The largest absolute Gasteiger partial charge is 0.418 e. The van der Waals surface area contributed by atoms with E-state index in [-0.39, 0.29) is 6.03 Å². The van der Waals surface area contributed by atoms with Crippen LogP contribution in [-0.4, -0.2) is 40.3 Å². The van der Waals surface area contributed by atoms with Crippen LogP contribution in [0, 0.1) is 0 Å². The highest BCUT2D eigenvalue weighted by atomic mass is 28.4. The van der Waals surface area contributed by atoms with Gasteiger partial charge in [0, 0.05) is 13.2 Å². The lowest BCUT2D eigenvalue weighted by molar-refractivity contribution is 0.230. The number of urea groups is 1. The maximum Gasteiger partial charge on any atom is 0.306 e. The highest BCUT2D eigenvalue weighted by Gasteiger charge is 2.28. The molecule has 0 radical (unpaired) electrons. The Morgan fingerprint density at radius 2 is 1.76 bits per heavy atom. The second kappa shape index (κ2) is 6.56. The van der Waals surface area contributed by atoms with Gasteiger partial charge in [-0.05, 0) is 32.5 Å². The first-order chi connectivity index (χ1) is 7.60. The van der Waals surface area contributed by atoms with Crippen LogP contribution in [0.4, 0.5) is 4.79 Å². The molecule has 0 aliphatic rings. The van der Waals surface area contributed by atoms with Crippen molar-refractivity contribution < 1.29 is 9.22 Å². The number of hydrogen-bond donors (Lipinski definition) is 1. The summed E-state index contributed by atoms with van der Waals surface area (Å²) in [5, 5.41) is 0. The predicted molar refractivity (Wildman–Crippen MR) is 78.2 cm³/mol. The number of carbonyl (C=O) groups is 1. The van der Waals surface area contributed by atoms with E-state index in [1.54, 1.807) is 0 Å². The molecule has 0 heterocycles. The quantitative estimate of drug-likeness (QED) is 0.727. The maximum absolute atomic E-state index is 11.4. The molecule has 0 unspecified atom stereocenters. The Morgan fingerprint density at radius 1 is 1.24 bits per heavy atom. The third-order valence-corrected chi connectivity index (χ3v) is 7.46. The maximum atomic E-state index is 11.4. The average molecular weight is 277 g/mol. The van der Waals surface area contributed by atoms with Gasteiger partial charge in [-0.1, -0.05) is 19.6 Å². The van der Waals surface area contributed by atoms with Crippen LogP contribution < -0.4 is 5.73 Å². The van der Waals surface area contributed by atoms with Crippen molar-refractivity contribution in [3.05, 3.63) is 0 Å². The molecule has 0 spiro atoms. The van der Waals surface area contributed by atoms with Gasteiger partial charge in [0.1, 0.15) is 0 Å². The molecule has 0 fully saturated rings. The minimum Gasteiger partial charge on any atom is -0.418 e. The van der Waals surface area contributed by atoms with Crippen LogP contribution in [-0.2, 0) is 4.43 Å². The van der Waals surface area contributed by atoms with Gasteiger partial charge in [0.25, 0.3) is 0 Å². The van der Waals surface area contributed by atoms with Crippen molar-refractivity contribution in [2.45, 2.75) is 52.1 Å². The molecule has 102 valence electrons. The van der Waals surface area contributed by atoms with E-state index in [4.69, 9.17) is 10.2 Å². The Kier molecular flexibility index (Phi) is 6.43. The first-order valence-corrected chi connectivity index (χ1v) is 12.9. The number of nitrogens with zero attached hydrogens (tertiary/aromatic N) is 1. The van der Waals surface area contributed by atoms with Crippen molar-refractivity contribution >= 4 is 22.6 Å². The van der Waals surface area contributed by atoms with Crippen molar-refractivity contribution in [2.75, 3.05) is 13.2 Å². The highest BCUT2D eigenvalue weighted by Crippen LogP contribution is 2.16. The van der Waals surface area contributed by atoms with Crippen molar-refractivity contribution in [2.24, 2.45) is 5.73 Å². The summed E-state index contributed by atoms with van der Waals surface area (Å²) >= 11 is 0. The van der Waals surface area contributed by atoms with Crippen LogP contribution in [0.2, 0.25) is 38.8 Å². The third kappa shape index (κ3) is 6.85. The molecule has 0 bridgehead atoms. The lowest BCUT2D eigenvalue weighted by atomic mass is 10.5. The first-order valence-electron chi connectivity index (χ1n) is 6.31. The van der Waals surface area contributed by atoms with E-state index in [2.05, 4.69) is 32.7 Å². The van der Waals surface area contributed by atoms with Crippen molar-refractivity contribution in [1.82, 2.24) is 4.57 Å². The smallest absolute Gasteiger partial charge is 0.306 e. The van der Waals surface area contributed by atoms with Crippen LogP contribution in [0.25, 0.3) is 0 Å². The van der Waals surface area contributed by atoms with E-state index < -0.39 is 16.6 Å². The first kappa shape index (κ1) is 16.7. The second-order valence-electron chi connectivity index (χ2n) is 5.96. The van der Waals surface area contributed by atoms with Gasteiger partial charge in [-0.25, -0.2) is 4.79 Å². The van der Waals surface area contributed by atoms with Gasteiger partial charge in [0.2, 0.25) is 0 Å². The van der Waals surface area contributed by atoms with Crippen LogP contribution in [0.5, 0.6) is 0 Å². The minimum atomic E-state index is -1.63. The lowest BCUT2D eigenvalue weighted by Crippen LogP contribution is -2.52. The van der Waals surface area contributed by atoms with Gasteiger partial charge in [-0.15, -0.1) is 0 Å². The zero-order chi connectivity index (χ0) is 13.7. The van der Waals surface area contributed by atoms with Gasteiger partial charge in [-0.3, -0.25) is 0 Å². The molecule has 0 aromatic heterocycles. The Bertz CT molecular complexity index is 252. The minimum absolute atomic E-state index is 0.278. The van der Waals surface area contributed by atoms with Crippen LogP contribution in [0.15, 0.2) is 0 Å². The Hall–Kier alpha value is -0.336. The van der Waals surface area contributed by atoms with E-state index >= 15 is 0 Å². The molecule has 0 atom stereocenters. The summed E-state index contributed by atoms with van der Waals surface area (Å²) in [7, 11) is -3.16. The molecule has 0 saturated heterocycles. The summed E-state index contributed by atoms with van der Waals surface area (Å²) in [6, 6.07) is 0.801. The summed E-state index contributed by atoms with van der Waals surface area (Å²) in [4.78, 5) is 11.4. The number of hydrogen-bond acceptors (Lipinski definition) is 2. The van der Waals surface area contributed by atoms with Crippen LogP contribution >= 0.6 is 0 Å². The molecule has 6 heteroatoms. The summed E-state index contributed by atoms with van der Waals surface area (Å²) in [6.07, 6.45) is 0.992. The number of amides is 2. The van der Waals surface area contributed by atoms with Crippen molar-refractivity contribution in [3.8, 4) is 0 Å². The van der Waals surface area contributed by atoms with Gasteiger partial charge in [0.15, 0.2) is 16.6 Å². The van der Waals surface area contributed by atoms with Gasteiger partial charge in [0.05, 0.1) is 0 Å². The lowest BCUT2D eigenvalue weighted by Gasteiger charge is -2.33. The van der Waals surface area contributed by atoms with E-state index in [9.17, 15) is 4.79 Å². The fourth-order valence-electron chi connectivity index (χ4n) is 1.90. The molecular weight excluding hydrogens is 248 g/mol. The van der Waals surface area contributed by atoms with Crippen molar-refractivity contribution in [3.63, 3.8) is 0 Å². The molecule has 0 aromatic rings. The standard InChI is InChI=1S/C11H28N2O2Si2/c1-7-15-17(5,6)10-8-9-13(11(12)14)16(2,3)4/h7-10H2,1-6H3,(H2,12,14). The van der Waals surface area contributed by atoms with E-state index in [0.717, 1.165) is 25.6 Å². The summed E-state index contributed by atoms with van der Waals surface area (Å²) in [5.74, 6) is 0. The summed E-state index contributed by atoms with van der Waals surface area (Å²) in [6.45, 7) is 14.5. The zero-order valence-electron chi connectivity index (χ0n) is 12.2. The molecule has 0 rings (SSSR count). The number of carbonyl (C=O) groups excluding carboxylic acids is 1. The fourth-order valence-corrected chi connectivity index (χ4v) is 5.33. The molecule has 17 heavy (non-hydrogen) atoms. The number of primary amides is 1. The van der Waals surface area contributed by atoms with Gasteiger partial charge < -0.3 is 14.7 Å². The highest BCUT2D eigenvalue weighted by molar-refractivity contribution is 6.75. The van der Waals surface area contributed by atoms with E-state index in [1.807, 2.05) is 11.5 Å². The summed E-state index contributed by atoms with van der Waals surface area (Å²) in [5.41, 5.74) is 5.43. The average Bonchev–Trinajstić information content (AvgIpc) is 2.09. The molecule has 0 saturated carbocycles. The van der Waals surface area contributed by atoms with Crippen LogP contribution in [0.3, 0.4) is 0 Å². The molecule has 0 aromatic carbocycles. The van der Waals surface area contributed by atoms with Crippen molar-refractivity contribution in [1.29, 1.82) is 0 Å². The Labute approximate surface area is 108 Å². The van der Waals surface area contributed by atoms with Crippen LogP contribution in [0.1, 0.15) is 13.3 Å². The third-order valence-electron chi connectivity index (χ3n) is 2.77. The second-order valence-corrected chi connectivity index (χ2v) is 15.1. The SMILES string of the molecule is CCO[Si](C)(C)CCCN(C(N)=O)[Si](C)(C)C. The van der Waals surface area contributed by atoms with Gasteiger partial charge in [-0.2, -0.15) is 0 Å². The molecule has 2 amide bonds. The van der Waals surface area contributed by atoms with E-state index in [1.165, 1.54) is 0 Å². The molecule has 2 N–H and O–H groups in total. The number of rotatable bonds is 7. The fraction of sp³-hybridized carbons (Fsp3) is 0.909. The summed E-state index contributed by atoms with van der Waals surface area (Å²) < 4.78 is 7.64. The molecule has 0 aliphatic carbocycles. The molecule has 0 aliphatic heterocycles. The monoisotopic (exact) mass is 276 g/mol. The van der Waals surface area contributed by atoms with Gasteiger partial charge >= 0.3 is 6.03 Å². The predicted octanol–water partition coefficient (Wildman–Crippen LogP) is 2.83. The zero-order valence-corrected chi connectivity index (χ0v) is 14.2. The molecule has 4 nitrogen and oxygen atoms in total. The number of nitrogens with two attached hydrogens (primary N) is 1. The topological polar surface area (TPSA) is 55.6 Å². The Morgan fingerprint density at radius 3 is 2.12 bits per heavy atom. The normalized spacial score (nSPS) is 12.6. The van der Waals surface area contributed by atoms with E-state index in [0.29, 0.717) is 0 Å². The Balaban J connectivity index is 4.21.